The van der Waals surface area contributed by atoms with E-state index in [1.54, 1.807) is 50.3 Å². The summed E-state index contributed by atoms with van der Waals surface area (Å²) in [6, 6.07) is 0. The van der Waals surface area contributed by atoms with Gasteiger partial charge in [-0.15, -0.1) is 0 Å². The average Bonchev–Trinajstić information content (AvgIpc) is 2.84. The minimum atomic E-state index is -0.716. The van der Waals surface area contributed by atoms with Gasteiger partial charge in [0.2, 0.25) is 0 Å². The zero-order chi connectivity index (χ0) is 25.0. The van der Waals surface area contributed by atoms with Gasteiger partial charge in [0.25, 0.3) is 0 Å². The number of unbranched alkanes of at least 4 members (excludes halogenated alkanes) is 21. The smallest absolute Gasteiger partial charge is 0.0594 e. The number of halogens is 1. The Morgan fingerprint density at radius 3 is 0.629 bits per heavy atom. The summed E-state index contributed by atoms with van der Waals surface area (Å²) in [5.41, 5.74) is 0. The van der Waals surface area contributed by atoms with E-state index in [2.05, 4.69) is 27.7 Å². The van der Waals surface area contributed by atoms with Crippen molar-refractivity contribution in [3.8, 4) is 0 Å². The van der Waals surface area contributed by atoms with Gasteiger partial charge in [-0.1, -0.05) is 137 Å². The first-order valence-corrected chi connectivity index (χ1v) is 19.1. The van der Waals surface area contributed by atoms with Crippen LogP contribution >= 0.6 is 7.26 Å². The van der Waals surface area contributed by atoms with E-state index >= 15 is 0 Å². The maximum atomic E-state index is 2.36. The molecule has 0 saturated heterocycles. The summed E-state index contributed by atoms with van der Waals surface area (Å²) in [6.07, 6.45) is 43.6. The second-order valence-corrected chi connectivity index (χ2v) is 16.1. The van der Waals surface area contributed by atoms with Crippen molar-refractivity contribution in [3.05, 3.63) is 0 Å². The van der Waals surface area contributed by atoms with Gasteiger partial charge in [-0.2, -0.15) is 0 Å². The highest BCUT2D eigenvalue weighted by Crippen LogP contribution is 2.61. The lowest BCUT2D eigenvalue weighted by molar-refractivity contribution is -0.00000777. The number of hydrogen-bond donors (Lipinski definition) is 0. The predicted octanol–water partition coefficient (Wildman–Crippen LogP) is 9.84. The third kappa shape index (κ3) is 26.5. The molecule has 0 aliphatic carbocycles. The third-order valence-electron chi connectivity index (χ3n) is 8.19. The number of rotatable bonds is 29. The molecule has 0 bridgehead atoms. The van der Waals surface area contributed by atoms with Gasteiger partial charge in [-0.25, -0.2) is 0 Å². The monoisotopic (exact) mass is 624 g/mol. The molecule has 0 heterocycles. The molecule has 0 radical (unpaired) electrons. The van der Waals surface area contributed by atoms with Crippen molar-refractivity contribution >= 4 is 7.26 Å². The zero-order valence-corrected chi connectivity index (χ0v) is 28.4. The minimum absolute atomic E-state index is 0. The van der Waals surface area contributed by atoms with E-state index in [1.807, 2.05) is 0 Å². The maximum Gasteiger partial charge on any atom is 0.0594 e. The molecule has 0 aromatic rings. The van der Waals surface area contributed by atoms with Gasteiger partial charge in [-0.05, 0) is 51.4 Å². The van der Waals surface area contributed by atoms with E-state index in [0.717, 1.165) is 0 Å². The molecule has 0 unspecified atom stereocenters. The molecular formula is C33H70IP. The highest BCUT2D eigenvalue weighted by atomic mass is 127. The predicted molar refractivity (Wildman–Crippen MR) is 165 cm³/mol. The third-order valence-corrected chi connectivity index (χ3v) is 13.3. The first-order valence-electron chi connectivity index (χ1n) is 16.6. The Kier molecular flexibility index (Phi) is 34.3. The van der Waals surface area contributed by atoms with Gasteiger partial charge in [0.1, 0.15) is 0 Å². The van der Waals surface area contributed by atoms with Crippen LogP contribution in [0.2, 0.25) is 0 Å². The second kappa shape index (κ2) is 31.4. The summed E-state index contributed by atoms with van der Waals surface area (Å²) in [7, 11) is -0.716. The standard InChI is InChI=1S/C33H70P.HI/c1-5-9-13-17-18-19-20-21-25-29-33-34(30-26-22-14-10-6-2,31-27-23-15-11-7-3)32-28-24-16-12-8-4;/h5-33H2,1-4H3;1H/q+1;/p-1. The van der Waals surface area contributed by atoms with Crippen LogP contribution in [-0.4, -0.2) is 24.6 Å². The van der Waals surface area contributed by atoms with Crippen molar-refractivity contribution < 1.29 is 24.0 Å². The Balaban J connectivity index is 0. The van der Waals surface area contributed by atoms with Gasteiger partial charge >= 0.3 is 0 Å². The molecule has 0 fully saturated rings. The Hall–Kier alpha value is 1.16. The quantitative estimate of drug-likeness (QED) is 0.0442. The molecule has 0 atom stereocenters. The maximum absolute atomic E-state index is 2.36. The number of hydrogen-bond acceptors (Lipinski definition) is 0. The summed E-state index contributed by atoms with van der Waals surface area (Å²) >= 11 is 0. The Morgan fingerprint density at radius 1 is 0.257 bits per heavy atom. The van der Waals surface area contributed by atoms with Crippen LogP contribution in [0.15, 0.2) is 0 Å². The fourth-order valence-corrected chi connectivity index (χ4v) is 10.7. The van der Waals surface area contributed by atoms with Crippen LogP contribution < -0.4 is 24.0 Å². The van der Waals surface area contributed by atoms with E-state index in [4.69, 9.17) is 0 Å². The SMILES string of the molecule is CCCCCCCCCCCC[P+](CCCCCCC)(CCCCCCC)CCCCCCC.[I-]. The Morgan fingerprint density at radius 2 is 0.429 bits per heavy atom. The molecular weight excluding hydrogens is 554 g/mol. The van der Waals surface area contributed by atoms with Gasteiger partial charge in [0.15, 0.2) is 0 Å². The summed E-state index contributed by atoms with van der Waals surface area (Å²) in [6.45, 7) is 9.39. The first-order chi connectivity index (χ1) is 16.7. The van der Waals surface area contributed by atoms with Crippen molar-refractivity contribution in [3.63, 3.8) is 0 Å². The van der Waals surface area contributed by atoms with Gasteiger partial charge in [0.05, 0.1) is 24.6 Å². The molecule has 0 aromatic heterocycles. The molecule has 214 valence electrons. The highest BCUT2D eigenvalue weighted by molar-refractivity contribution is 7.75. The molecule has 35 heavy (non-hydrogen) atoms. The lowest BCUT2D eigenvalue weighted by Crippen LogP contribution is -3.00. The normalized spacial score (nSPS) is 11.7. The van der Waals surface area contributed by atoms with Crippen molar-refractivity contribution in [2.45, 2.75) is 188 Å². The fourth-order valence-electron chi connectivity index (χ4n) is 5.76. The molecule has 2 heteroatoms. The van der Waals surface area contributed by atoms with E-state index in [-0.39, 0.29) is 24.0 Å². The molecule has 0 aromatic carbocycles. The molecule has 0 saturated carbocycles. The molecule has 0 amide bonds. The van der Waals surface area contributed by atoms with Gasteiger partial charge in [-0.3, -0.25) is 0 Å². The van der Waals surface area contributed by atoms with E-state index in [9.17, 15) is 0 Å². The largest absolute Gasteiger partial charge is 1.00 e. The summed E-state index contributed by atoms with van der Waals surface area (Å²) in [5.74, 6) is 0. The van der Waals surface area contributed by atoms with E-state index in [0.29, 0.717) is 0 Å². The van der Waals surface area contributed by atoms with Crippen LogP contribution in [0.3, 0.4) is 0 Å². The van der Waals surface area contributed by atoms with Crippen LogP contribution in [0.25, 0.3) is 0 Å². The van der Waals surface area contributed by atoms with Crippen molar-refractivity contribution in [1.29, 1.82) is 0 Å². The van der Waals surface area contributed by atoms with Crippen molar-refractivity contribution in [2.24, 2.45) is 0 Å². The molecule has 0 rings (SSSR count). The van der Waals surface area contributed by atoms with Crippen LogP contribution in [0, 0.1) is 0 Å². The Bertz CT molecular complexity index is 334. The van der Waals surface area contributed by atoms with E-state index in [1.165, 1.54) is 135 Å². The molecule has 0 aliphatic heterocycles. The summed E-state index contributed by atoms with van der Waals surface area (Å²) < 4.78 is 0. The van der Waals surface area contributed by atoms with Crippen LogP contribution in [0.4, 0.5) is 0 Å². The summed E-state index contributed by atoms with van der Waals surface area (Å²) in [4.78, 5) is 0. The van der Waals surface area contributed by atoms with Crippen LogP contribution in [0.5, 0.6) is 0 Å². The minimum Gasteiger partial charge on any atom is -1.00 e. The first kappa shape index (κ1) is 38.3. The van der Waals surface area contributed by atoms with Gasteiger partial charge in [0, 0.05) is 7.26 Å². The van der Waals surface area contributed by atoms with Gasteiger partial charge < -0.3 is 24.0 Å². The van der Waals surface area contributed by atoms with Crippen LogP contribution in [-0.2, 0) is 0 Å². The van der Waals surface area contributed by atoms with E-state index < -0.39 is 7.26 Å². The highest BCUT2D eigenvalue weighted by Gasteiger charge is 2.34. The molecule has 0 spiro atoms. The zero-order valence-electron chi connectivity index (χ0n) is 25.3. The summed E-state index contributed by atoms with van der Waals surface area (Å²) in [5, 5.41) is 0. The fraction of sp³-hybridized carbons (Fsp3) is 1.00. The molecule has 0 nitrogen and oxygen atoms in total. The topological polar surface area (TPSA) is 0 Å². The lowest BCUT2D eigenvalue weighted by atomic mass is 10.1. The average molecular weight is 625 g/mol. The Labute approximate surface area is 243 Å². The van der Waals surface area contributed by atoms with Crippen molar-refractivity contribution in [2.75, 3.05) is 24.6 Å². The lowest BCUT2D eigenvalue weighted by Gasteiger charge is -2.28. The second-order valence-electron chi connectivity index (χ2n) is 11.7. The molecule has 0 aliphatic rings. The van der Waals surface area contributed by atoms with Crippen molar-refractivity contribution in [1.82, 2.24) is 0 Å². The van der Waals surface area contributed by atoms with Crippen LogP contribution in [0.1, 0.15) is 188 Å². The molecule has 0 N–H and O–H groups in total.